The lowest BCUT2D eigenvalue weighted by molar-refractivity contribution is -0.140. The third-order valence-electron chi connectivity index (χ3n) is 15.9. The van der Waals surface area contributed by atoms with Gasteiger partial charge in [-0.15, -0.1) is 24.8 Å². The smallest absolute Gasteiger partial charge is 0.226 e. The number of benzene rings is 2. The number of para-hydroxylation sites is 2. The van der Waals surface area contributed by atoms with Crippen molar-refractivity contribution in [2.24, 2.45) is 35.5 Å². The zero-order valence-electron chi connectivity index (χ0n) is 35.0. The first kappa shape index (κ1) is 43.5. The summed E-state index contributed by atoms with van der Waals surface area (Å²) in [6, 6.07) is 17.8. The summed E-state index contributed by atoms with van der Waals surface area (Å²) in [7, 11) is 0. The summed E-state index contributed by atoms with van der Waals surface area (Å²) in [6.07, 6.45) is 12.5. The van der Waals surface area contributed by atoms with Gasteiger partial charge in [0.2, 0.25) is 11.8 Å². The molecule has 0 radical (unpaired) electrons. The molecule has 0 spiro atoms. The van der Waals surface area contributed by atoms with Crippen LogP contribution in [0.25, 0.3) is 21.8 Å². The van der Waals surface area contributed by atoms with Crippen LogP contribution in [0.15, 0.2) is 48.5 Å². The van der Waals surface area contributed by atoms with Crippen LogP contribution in [-0.4, -0.2) is 93.3 Å². The van der Waals surface area contributed by atoms with Crippen molar-refractivity contribution in [3.05, 3.63) is 71.0 Å². The molecule has 0 unspecified atom stereocenters. The Labute approximate surface area is 367 Å². The highest BCUT2D eigenvalue weighted by molar-refractivity contribution is 5.86. The molecule has 4 fully saturated rings. The van der Waals surface area contributed by atoms with Gasteiger partial charge < -0.3 is 30.8 Å². The van der Waals surface area contributed by atoms with Crippen LogP contribution in [0.1, 0.15) is 112 Å². The first-order chi connectivity index (χ1) is 28.4. The van der Waals surface area contributed by atoms with Gasteiger partial charge >= 0.3 is 0 Å². The molecule has 10 atom stereocenters. The van der Waals surface area contributed by atoms with Gasteiger partial charge in [0, 0.05) is 72.5 Å². The minimum atomic E-state index is -0.569. The largest absolute Gasteiger partial charge is 0.392 e. The number of H-pyrrole nitrogens is 2. The van der Waals surface area contributed by atoms with Crippen LogP contribution < -0.4 is 10.6 Å². The van der Waals surface area contributed by atoms with Gasteiger partial charge in [-0.2, -0.15) is 0 Å². The van der Waals surface area contributed by atoms with Crippen molar-refractivity contribution in [2.75, 3.05) is 39.3 Å². The topological polar surface area (TPSA) is 137 Å². The molecule has 2 aliphatic carbocycles. The first-order valence-corrected chi connectivity index (χ1v) is 23.0. The number of aromatic nitrogens is 2. The van der Waals surface area contributed by atoms with Gasteiger partial charge in [-0.05, 0) is 111 Å². The zero-order valence-corrected chi connectivity index (χ0v) is 36.6. The molecule has 10 nitrogen and oxygen atoms in total. The third kappa shape index (κ3) is 8.14. The van der Waals surface area contributed by atoms with Gasteiger partial charge in [0.15, 0.2) is 0 Å². The number of aliphatic hydroxyl groups excluding tert-OH is 2. The van der Waals surface area contributed by atoms with Crippen molar-refractivity contribution < 1.29 is 19.8 Å². The predicted molar refractivity (Wildman–Crippen MR) is 242 cm³/mol. The number of aromatic amines is 2. The number of rotatable bonds is 11. The number of halogens is 2. The lowest BCUT2D eigenvalue weighted by atomic mass is 9.64. The van der Waals surface area contributed by atoms with Gasteiger partial charge in [-0.1, -0.05) is 62.1 Å². The minimum Gasteiger partial charge on any atom is -0.392 e. The SMILES string of the molecule is Cl.Cl.O=C(NCCCCCCCCNC(=O)[C@@H]1[C@H]2C[C@H]3c4[nH]c5ccccc5c4CCN3C[C@@H]2CC[C@@H]1O)[C@@H]1[C@H]2C[C@H]3c4[nH]c5ccccc5c4CCN3C[C@@H]2CC[C@@H]1O. The maximum Gasteiger partial charge on any atom is 0.226 e. The Morgan fingerprint density at radius 1 is 0.600 bits per heavy atom. The summed E-state index contributed by atoms with van der Waals surface area (Å²) in [5, 5.41) is 31.5. The van der Waals surface area contributed by atoms with Gasteiger partial charge in [0.25, 0.3) is 0 Å². The summed E-state index contributed by atoms with van der Waals surface area (Å²) in [4.78, 5) is 40.1. The van der Waals surface area contributed by atoms with E-state index >= 15 is 0 Å². The van der Waals surface area contributed by atoms with E-state index in [-0.39, 0.29) is 72.4 Å². The second-order valence-corrected chi connectivity index (χ2v) is 19.0. The van der Waals surface area contributed by atoms with Crippen LogP contribution in [0, 0.1) is 35.5 Å². The summed E-state index contributed by atoms with van der Waals surface area (Å²) >= 11 is 0. The maximum atomic E-state index is 13.7. The van der Waals surface area contributed by atoms with E-state index in [1.54, 1.807) is 0 Å². The fraction of sp³-hybridized carbons (Fsp3) is 0.625. The van der Waals surface area contributed by atoms with Gasteiger partial charge in [0.1, 0.15) is 0 Å². The number of hydrogen-bond donors (Lipinski definition) is 6. The van der Waals surface area contributed by atoms with Crippen LogP contribution in [0.5, 0.6) is 0 Å². The number of amides is 2. The lowest BCUT2D eigenvalue weighted by Crippen LogP contribution is -2.54. The van der Waals surface area contributed by atoms with Crippen LogP contribution in [-0.2, 0) is 22.4 Å². The predicted octanol–water partition coefficient (Wildman–Crippen LogP) is 7.38. The van der Waals surface area contributed by atoms with E-state index in [0.29, 0.717) is 37.8 Å². The molecule has 6 heterocycles. The van der Waals surface area contributed by atoms with Crippen molar-refractivity contribution in [3.63, 3.8) is 0 Å². The molecular formula is C48H66Cl2N6O4. The average Bonchev–Trinajstić information content (AvgIpc) is 3.82. The number of carbonyl (C=O) groups excluding carboxylic acids is 2. The highest BCUT2D eigenvalue weighted by Crippen LogP contribution is 2.51. The Kier molecular flexibility index (Phi) is 13.6. The van der Waals surface area contributed by atoms with Gasteiger partial charge in [-0.25, -0.2) is 0 Å². The summed E-state index contributed by atoms with van der Waals surface area (Å²) < 4.78 is 0. The Morgan fingerprint density at radius 2 is 1.02 bits per heavy atom. The lowest BCUT2D eigenvalue weighted by Gasteiger charge is -2.51. The highest BCUT2D eigenvalue weighted by Gasteiger charge is 2.50. The molecule has 2 aromatic heterocycles. The van der Waals surface area contributed by atoms with Crippen molar-refractivity contribution in [2.45, 2.75) is 114 Å². The van der Waals surface area contributed by atoms with E-state index in [1.807, 2.05) is 0 Å². The first-order valence-electron chi connectivity index (χ1n) is 23.0. The number of piperidine rings is 2. The number of nitrogens with zero attached hydrogens (tertiary/aromatic N) is 2. The Hall–Kier alpha value is -3.12. The molecule has 60 heavy (non-hydrogen) atoms. The molecule has 6 aliphatic rings. The Balaban J connectivity index is 0.00000249. The summed E-state index contributed by atoms with van der Waals surface area (Å²) in [5.74, 6) is 0.729. The summed E-state index contributed by atoms with van der Waals surface area (Å²) in [6.45, 7) is 5.47. The van der Waals surface area contributed by atoms with Crippen molar-refractivity contribution in [3.8, 4) is 0 Å². The number of carbonyl (C=O) groups is 2. The third-order valence-corrected chi connectivity index (χ3v) is 15.9. The number of nitrogens with one attached hydrogen (secondary N) is 4. The normalized spacial score (nSPS) is 31.0. The van der Waals surface area contributed by atoms with E-state index < -0.39 is 12.2 Å². The Bertz CT molecular complexity index is 1970. The van der Waals surface area contributed by atoms with E-state index in [1.165, 1.54) is 44.3 Å². The van der Waals surface area contributed by atoms with E-state index in [9.17, 15) is 19.8 Å². The average molecular weight is 862 g/mol. The summed E-state index contributed by atoms with van der Waals surface area (Å²) in [5.41, 5.74) is 7.94. The van der Waals surface area contributed by atoms with Crippen LogP contribution in [0.2, 0.25) is 0 Å². The molecule has 4 aliphatic heterocycles. The van der Waals surface area contributed by atoms with Crippen LogP contribution in [0.3, 0.4) is 0 Å². The molecule has 12 heteroatoms. The molecule has 10 rings (SSSR count). The molecule has 6 N–H and O–H groups in total. The fourth-order valence-electron chi connectivity index (χ4n) is 13.0. The molecule has 2 saturated heterocycles. The van der Waals surface area contributed by atoms with Crippen LogP contribution >= 0.6 is 24.8 Å². The Morgan fingerprint density at radius 3 is 1.47 bits per heavy atom. The minimum absolute atomic E-state index is 0. The maximum absolute atomic E-state index is 13.7. The van der Waals surface area contributed by atoms with Gasteiger partial charge in [-0.3, -0.25) is 19.4 Å². The highest BCUT2D eigenvalue weighted by atomic mass is 35.5. The monoisotopic (exact) mass is 860 g/mol. The standard InChI is InChI=1S/C48H64N6O4.2ClH/c55-41-17-15-29-27-53-23-19-33-31-11-5-7-13-37(31)51-45(33)39(53)25-35(29)43(41)47(57)49-21-9-3-1-2-4-10-22-50-48(58)44-36-26-40-46-34(32-12-6-8-14-38(32)52-46)20-24-54(40)28-30(36)16-18-42(44)56;;/h5-8,11-14,29-30,35-36,39-44,51-52,55-56H,1-4,9-10,15-28H2,(H,49,57)(H,50,58);2*1H/t29-,30-,35-,36-,39-,40-,41-,42-,43+,44+;;/m0../s1. The number of unbranched alkanes of at least 4 members (excludes halogenated alkanes) is 5. The fourth-order valence-corrected chi connectivity index (χ4v) is 13.0. The molecular weight excluding hydrogens is 795 g/mol. The quantitative estimate of drug-likeness (QED) is 0.0872. The van der Waals surface area contributed by atoms with Crippen molar-refractivity contribution in [1.29, 1.82) is 0 Å². The van der Waals surface area contributed by atoms with Crippen molar-refractivity contribution in [1.82, 2.24) is 30.4 Å². The number of hydrogen-bond acceptors (Lipinski definition) is 6. The van der Waals surface area contributed by atoms with E-state index in [4.69, 9.17) is 0 Å². The molecule has 2 aromatic carbocycles. The molecule has 2 amide bonds. The number of aliphatic hydroxyl groups is 2. The second kappa shape index (κ2) is 18.7. The van der Waals surface area contributed by atoms with Crippen LogP contribution in [0.4, 0.5) is 0 Å². The molecule has 2 saturated carbocycles. The van der Waals surface area contributed by atoms with E-state index in [0.717, 1.165) is 103 Å². The second-order valence-electron chi connectivity index (χ2n) is 19.0. The van der Waals surface area contributed by atoms with E-state index in [2.05, 4.69) is 78.9 Å². The molecule has 4 aromatic rings. The number of fused-ring (bicyclic) bond motifs is 12. The van der Waals surface area contributed by atoms with Crippen molar-refractivity contribution >= 4 is 58.4 Å². The van der Waals surface area contributed by atoms with Gasteiger partial charge in [0.05, 0.1) is 36.1 Å². The molecule has 326 valence electrons. The zero-order chi connectivity index (χ0) is 39.3. The molecule has 0 bridgehead atoms.